The predicted octanol–water partition coefficient (Wildman–Crippen LogP) is 3.38. The molecule has 3 aromatic rings. The molecular weight excluding hydrogens is 338 g/mol. The first-order valence-electron chi connectivity index (χ1n) is 7.91. The molecule has 6 nitrogen and oxygen atoms in total. The van der Waals surface area contributed by atoms with Gasteiger partial charge in [0.15, 0.2) is 11.5 Å². The number of nitrogen functional groups attached to an aromatic ring is 1. The number of amides is 1. The standard InChI is InChI=1S/C18H18ClN5O/c1-2-12-7-9-14(10-8-12)21-18(25)16-17(20)24(23-22-16)11-13-5-3-4-6-15(13)19/h3-10H,2,11,20H2,1H3,(H,21,25). The lowest BCUT2D eigenvalue weighted by Gasteiger charge is -2.06. The smallest absolute Gasteiger partial charge is 0.280 e. The minimum absolute atomic E-state index is 0.0895. The molecule has 3 N–H and O–H groups in total. The van der Waals surface area contributed by atoms with Crippen LogP contribution in [0.3, 0.4) is 0 Å². The van der Waals surface area contributed by atoms with E-state index in [-0.39, 0.29) is 11.5 Å². The Bertz CT molecular complexity index is 889. The van der Waals surface area contributed by atoms with Crippen molar-refractivity contribution in [3.8, 4) is 0 Å². The van der Waals surface area contributed by atoms with Gasteiger partial charge in [0.05, 0.1) is 6.54 Å². The van der Waals surface area contributed by atoms with Crippen LogP contribution in [-0.2, 0) is 13.0 Å². The van der Waals surface area contributed by atoms with Crippen molar-refractivity contribution in [3.63, 3.8) is 0 Å². The Kier molecular flexibility index (Phi) is 5.00. The predicted molar refractivity (Wildman–Crippen MR) is 98.8 cm³/mol. The zero-order chi connectivity index (χ0) is 17.8. The molecule has 0 spiro atoms. The van der Waals surface area contributed by atoms with E-state index in [2.05, 4.69) is 22.6 Å². The molecule has 0 unspecified atom stereocenters. The summed E-state index contributed by atoms with van der Waals surface area (Å²) >= 11 is 6.15. The van der Waals surface area contributed by atoms with Crippen molar-refractivity contribution < 1.29 is 4.79 Å². The summed E-state index contributed by atoms with van der Waals surface area (Å²) in [5.74, 6) is -0.199. The van der Waals surface area contributed by atoms with Crippen LogP contribution in [0.15, 0.2) is 48.5 Å². The zero-order valence-corrected chi connectivity index (χ0v) is 14.5. The molecule has 1 amide bonds. The summed E-state index contributed by atoms with van der Waals surface area (Å²) in [6, 6.07) is 15.0. The Morgan fingerprint density at radius 2 is 1.92 bits per heavy atom. The van der Waals surface area contributed by atoms with Crippen LogP contribution in [0.5, 0.6) is 0 Å². The fourth-order valence-electron chi connectivity index (χ4n) is 2.40. The minimum atomic E-state index is -0.396. The maximum atomic E-state index is 12.4. The van der Waals surface area contributed by atoms with E-state index in [1.54, 1.807) is 6.07 Å². The van der Waals surface area contributed by atoms with E-state index in [4.69, 9.17) is 17.3 Å². The molecule has 25 heavy (non-hydrogen) atoms. The highest BCUT2D eigenvalue weighted by atomic mass is 35.5. The number of benzene rings is 2. The summed E-state index contributed by atoms with van der Waals surface area (Å²) in [6.45, 7) is 2.42. The van der Waals surface area contributed by atoms with Crippen molar-refractivity contribution in [3.05, 3.63) is 70.4 Å². The van der Waals surface area contributed by atoms with Crippen molar-refractivity contribution in [2.75, 3.05) is 11.1 Å². The van der Waals surface area contributed by atoms with Gasteiger partial charge in [-0.05, 0) is 35.7 Å². The van der Waals surface area contributed by atoms with E-state index in [0.717, 1.165) is 12.0 Å². The molecule has 0 bridgehead atoms. The van der Waals surface area contributed by atoms with Crippen LogP contribution in [0.2, 0.25) is 5.02 Å². The fourth-order valence-corrected chi connectivity index (χ4v) is 2.60. The number of nitrogens with two attached hydrogens (primary N) is 1. The van der Waals surface area contributed by atoms with Gasteiger partial charge in [-0.1, -0.05) is 54.1 Å². The van der Waals surface area contributed by atoms with Gasteiger partial charge in [-0.3, -0.25) is 4.79 Å². The van der Waals surface area contributed by atoms with E-state index in [1.807, 2.05) is 42.5 Å². The molecule has 0 saturated heterocycles. The lowest BCUT2D eigenvalue weighted by Crippen LogP contribution is -2.15. The number of carbonyl (C=O) groups excluding carboxylic acids is 1. The van der Waals surface area contributed by atoms with Crippen molar-refractivity contribution in [1.29, 1.82) is 0 Å². The zero-order valence-electron chi connectivity index (χ0n) is 13.7. The van der Waals surface area contributed by atoms with Gasteiger partial charge < -0.3 is 11.1 Å². The van der Waals surface area contributed by atoms with Crippen LogP contribution >= 0.6 is 11.6 Å². The van der Waals surface area contributed by atoms with Gasteiger partial charge in [0.2, 0.25) is 0 Å². The summed E-state index contributed by atoms with van der Waals surface area (Å²) in [4.78, 5) is 12.4. The Morgan fingerprint density at radius 1 is 1.20 bits per heavy atom. The van der Waals surface area contributed by atoms with E-state index >= 15 is 0 Å². The highest BCUT2D eigenvalue weighted by molar-refractivity contribution is 6.31. The van der Waals surface area contributed by atoms with E-state index in [1.165, 1.54) is 10.2 Å². The maximum Gasteiger partial charge on any atom is 0.280 e. The highest BCUT2D eigenvalue weighted by Gasteiger charge is 2.18. The molecule has 0 aliphatic heterocycles. The van der Waals surface area contributed by atoms with Crippen molar-refractivity contribution in [2.24, 2.45) is 0 Å². The molecule has 128 valence electrons. The molecule has 2 aromatic carbocycles. The van der Waals surface area contributed by atoms with Gasteiger partial charge in [0.1, 0.15) is 0 Å². The second-order valence-electron chi connectivity index (χ2n) is 5.58. The quantitative estimate of drug-likeness (QED) is 0.734. The first-order valence-corrected chi connectivity index (χ1v) is 8.29. The largest absolute Gasteiger partial charge is 0.382 e. The molecule has 0 saturated carbocycles. The number of nitrogens with zero attached hydrogens (tertiary/aromatic N) is 3. The molecule has 0 aliphatic carbocycles. The number of carbonyl (C=O) groups is 1. The summed E-state index contributed by atoms with van der Waals surface area (Å²) < 4.78 is 1.45. The summed E-state index contributed by atoms with van der Waals surface area (Å²) in [5.41, 5.74) is 8.85. The molecule has 3 rings (SSSR count). The molecule has 0 atom stereocenters. The summed E-state index contributed by atoms with van der Waals surface area (Å²) in [5, 5.41) is 11.3. The normalized spacial score (nSPS) is 10.6. The van der Waals surface area contributed by atoms with E-state index < -0.39 is 5.91 Å². The third-order valence-electron chi connectivity index (χ3n) is 3.89. The Hall–Kier alpha value is -2.86. The average Bonchev–Trinajstić information content (AvgIpc) is 2.98. The fraction of sp³-hybridized carbons (Fsp3) is 0.167. The summed E-state index contributed by atoms with van der Waals surface area (Å²) in [6.07, 6.45) is 0.942. The Labute approximate surface area is 150 Å². The number of hydrogen-bond acceptors (Lipinski definition) is 4. The maximum absolute atomic E-state index is 12.4. The SMILES string of the molecule is CCc1ccc(NC(=O)c2nnn(Cc3ccccc3Cl)c2N)cc1. The monoisotopic (exact) mass is 355 g/mol. The minimum Gasteiger partial charge on any atom is -0.382 e. The number of aryl methyl sites for hydroxylation is 1. The van der Waals surface area contributed by atoms with Crippen molar-refractivity contribution >= 4 is 29.0 Å². The molecule has 0 fully saturated rings. The molecule has 1 aromatic heterocycles. The van der Waals surface area contributed by atoms with Crippen LogP contribution in [0, 0.1) is 0 Å². The van der Waals surface area contributed by atoms with Crippen LogP contribution < -0.4 is 11.1 Å². The first kappa shape index (κ1) is 17.0. The summed E-state index contributed by atoms with van der Waals surface area (Å²) in [7, 11) is 0. The number of hydrogen-bond donors (Lipinski definition) is 2. The third kappa shape index (κ3) is 3.80. The number of aromatic nitrogens is 3. The van der Waals surface area contributed by atoms with Gasteiger partial charge in [-0.2, -0.15) is 0 Å². The van der Waals surface area contributed by atoms with Crippen LogP contribution in [-0.4, -0.2) is 20.9 Å². The second-order valence-corrected chi connectivity index (χ2v) is 5.98. The molecule has 0 radical (unpaired) electrons. The highest BCUT2D eigenvalue weighted by Crippen LogP contribution is 2.19. The Morgan fingerprint density at radius 3 is 2.60 bits per heavy atom. The van der Waals surface area contributed by atoms with Gasteiger partial charge in [-0.25, -0.2) is 4.68 Å². The van der Waals surface area contributed by atoms with Crippen molar-refractivity contribution in [2.45, 2.75) is 19.9 Å². The van der Waals surface area contributed by atoms with Crippen LogP contribution in [0.4, 0.5) is 11.5 Å². The second kappa shape index (κ2) is 7.36. The number of rotatable bonds is 5. The molecule has 1 heterocycles. The van der Waals surface area contributed by atoms with Crippen LogP contribution in [0.25, 0.3) is 0 Å². The van der Waals surface area contributed by atoms with E-state index in [0.29, 0.717) is 17.3 Å². The number of nitrogens with one attached hydrogen (secondary N) is 1. The van der Waals surface area contributed by atoms with Gasteiger partial charge in [-0.15, -0.1) is 5.10 Å². The number of halogens is 1. The lowest BCUT2D eigenvalue weighted by atomic mass is 10.1. The van der Waals surface area contributed by atoms with Gasteiger partial charge >= 0.3 is 0 Å². The van der Waals surface area contributed by atoms with E-state index in [9.17, 15) is 4.79 Å². The third-order valence-corrected chi connectivity index (χ3v) is 4.26. The topological polar surface area (TPSA) is 85.8 Å². The van der Waals surface area contributed by atoms with Gasteiger partial charge in [0, 0.05) is 10.7 Å². The Balaban J connectivity index is 1.75. The van der Waals surface area contributed by atoms with Gasteiger partial charge in [0.25, 0.3) is 5.91 Å². The first-order chi connectivity index (χ1) is 12.1. The molecule has 0 aliphatic rings. The average molecular weight is 356 g/mol. The molecular formula is C18H18ClN5O. The lowest BCUT2D eigenvalue weighted by molar-refractivity contribution is 0.102. The molecule has 7 heteroatoms. The van der Waals surface area contributed by atoms with Crippen molar-refractivity contribution in [1.82, 2.24) is 15.0 Å². The number of anilines is 2. The van der Waals surface area contributed by atoms with Crippen LogP contribution in [0.1, 0.15) is 28.5 Å².